The van der Waals surface area contributed by atoms with E-state index in [0.29, 0.717) is 17.8 Å². The maximum Gasteiger partial charge on any atom is 0.270 e. The summed E-state index contributed by atoms with van der Waals surface area (Å²) in [4.78, 5) is 22.7. The van der Waals surface area contributed by atoms with E-state index in [4.69, 9.17) is 0 Å². The number of rotatable bonds is 7. The Balaban J connectivity index is 2.10. The van der Waals surface area contributed by atoms with Crippen LogP contribution in [0.5, 0.6) is 0 Å². The number of nitro benzene ring substituents is 1. The van der Waals surface area contributed by atoms with E-state index < -0.39 is 4.92 Å². The Kier molecular flexibility index (Phi) is 4.45. The second kappa shape index (κ2) is 6.11. The van der Waals surface area contributed by atoms with E-state index in [9.17, 15) is 14.9 Å². The number of anilines is 1. The molecule has 0 saturated heterocycles. The lowest BCUT2D eigenvalue weighted by Gasteiger charge is -2.16. The zero-order valence-corrected chi connectivity index (χ0v) is 12.4. The second-order valence-electron chi connectivity index (χ2n) is 5.67. The van der Waals surface area contributed by atoms with Crippen molar-refractivity contribution in [3.05, 3.63) is 33.9 Å². The molecule has 0 aliphatic heterocycles. The van der Waals surface area contributed by atoms with Crippen LogP contribution in [0.3, 0.4) is 0 Å². The molecule has 1 amide bonds. The van der Waals surface area contributed by atoms with E-state index >= 15 is 0 Å². The molecule has 2 rings (SSSR count). The van der Waals surface area contributed by atoms with Crippen LogP contribution in [-0.2, 0) is 0 Å². The number of hydrogen-bond acceptors (Lipinski definition) is 4. The molecule has 0 radical (unpaired) electrons. The smallest absolute Gasteiger partial charge is 0.270 e. The molecule has 0 heterocycles. The van der Waals surface area contributed by atoms with Crippen LogP contribution in [0.2, 0.25) is 0 Å². The average molecular weight is 291 g/mol. The van der Waals surface area contributed by atoms with Crippen LogP contribution in [0.15, 0.2) is 18.2 Å². The third kappa shape index (κ3) is 3.51. The van der Waals surface area contributed by atoms with Crippen LogP contribution >= 0.6 is 0 Å². The second-order valence-corrected chi connectivity index (χ2v) is 5.67. The van der Waals surface area contributed by atoms with Crippen LogP contribution < -0.4 is 10.6 Å². The highest BCUT2D eigenvalue weighted by Crippen LogP contribution is 2.48. The van der Waals surface area contributed by atoms with Crippen molar-refractivity contribution in [2.75, 3.05) is 18.9 Å². The fraction of sp³-hybridized carbons (Fsp3) is 0.533. The van der Waals surface area contributed by atoms with Gasteiger partial charge in [0.2, 0.25) is 0 Å². The Hall–Kier alpha value is -2.11. The molecule has 0 spiro atoms. The van der Waals surface area contributed by atoms with Crippen molar-refractivity contribution in [3.8, 4) is 0 Å². The summed E-state index contributed by atoms with van der Waals surface area (Å²) >= 11 is 0. The summed E-state index contributed by atoms with van der Waals surface area (Å²) in [6, 6.07) is 4.27. The SMILES string of the molecule is CCCC1(CNC(=O)c2cc([N+](=O)[O-])ccc2NC)CC1. The van der Waals surface area contributed by atoms with Gasteiger partial charge in [0.25, 0.3) is 11.6 Å². The highest BCUT2D eigenvalue weighted by atomic mass is 16.6. The molecule has 6 nitrogen and oxygen atoms in total. The molecule has 6 heteroatoms. The molecule has 2 N–H and O–H groups in total. The van der Waals surface area contributed by atoms with Crippen molar-refractivity contribution in [2.24, 2.45) is 5.41 Å². The summed E-state index contributed by atoms with van der Waals surface area (Å²) in [5, 5.41) is 16.7. The quantitative estimate of drug-likeness (QED) is 0.597. The van der Waals surface area contributed by atoms with E-state index in [1.165, 1.54) is 12.1 Å². The standard InChI is InChI=1S/C15H21N3O3/c1-3-6-15(7-8-15)10-17-14(19)12-9-11(18(20)21)4-5-13(12)16-2/h4-5,9,16H,3,6-8,10H2,1-2H3,(H,17,19). The van der Waals surface area contributed by atoms with Crippen molar-refractivity contribution < 1.29 is 9.72 Å². The maximum absolute atomic E-state index is 12.3. The molecule has 1 aromatic carbocycles. The summed E-state index contributed by atoms with van der Waals surface area (Å²) in [5.74, 6) is -0.259. The Morgan fingerprint density at radius 2 is 2.14 bits per heavy atom. The van der Waals surface area contributed by atoms with E-state index in [0.717, 1.165) is 25.7 Å². The lowest BCUT2D eigenvalue weighted by atomic mass is 10.0. The summed E-state index contributed by atoms with van der Waals surface area (Å²) in [5.41, 5.74) is 1.09. The molecule has 114 valence electrons. The number of nitrogens with zero attached hydrogens (tertiary/aromatic N) is 1. The van der Waals surface area contributed by atoms with Crippen LogP contribution in [0, 0.1) is 15.5 Å². The first-order valence-electron chi connectivity index (χ1n) is 7.26. The number of carbonyl (C=O) groups is 1. The number of nitro groups is 1. The van der Waals surface area contributed by atoms with Gasteiger partial charge in [-0.25, -0.2) is 0 Å². The third-order valence-corrected chi connectivity index (χ3v) is 4.09. The molecule has 1 aliphatic carbocycles. The van der Waals surface area contributed by atoms with Gasteiger partial charge in [-0.2, -0.15) is 0 Å². The first-order valence-corrected chi connectivity index (χ1v) is 7.26. The molecular weight excluding hydrogens is 270 g/mol. The number of non-ortho nitro benzene ring substituents is 1. The van der Waals surface area contributed by atoms with Gasteiger partial charge in [-0.3, -0.25) is 14.9 Å². The topological polar surface area (TPSA) is 84.3 Å². The molecule has 1 fully saturated rings. The average Bonchev–Trinajstić information content (AvgIpc) is 3.24. The Bertz CT molecular complexity index is 553. The van der Waals surface area contributed by atoms with E-state index in [1.54, 1.807) is 13.1 Å². The largest absolute Gasteiger partial charge is 0.387 e. The van der Waals surface area contributed by atoms with Gasteiger partial charge in [-0.05, 0) is 30.7 Å². The predicted octanol–water partition coefficient (Wildman–Crippen LogP) is 2.95. The van der Waals surface area contributed by atoms with Crippen LogP contribution in [0.25, 0.3) is 0 Å². The summed E-state index contributed by atoms with van der Waals surface area (Å²) in [7, 11) is 1.69. The Morgan fingerprint density at radius 3 is 2.67 bits per heavy atom. The van der Waals surface area contributed by atoms with Gasteiger partial charge in [0.15, 0.2) is 0 Å². The number of amides is 1. The van der Waals surface area contributed by atoms with Crippen molar-refractivity contribution in [2.45, 2.75) is 32.6 Å². The van der Waals surface area contributed by atoms with Gasteiger partial charge in [0.05, 0.1) is 10.5 Å². The Labute approximate surface area is 124 Å². The van der Waals surface area contributed by atoms with Gasteiger partial charge in [-0.1, -0.05) is 13.3 Å². The molecule has 0 unspecified atom stereocenters. The minimum atomic E-state index is -0.490. The molecule has 0 bridgehead atoms. The molecule has 1 aromatic rings. The number of carbonyl (C=O) groups excluding carboxylic acids is 1. The molecule has 21 heavy (non-hydrogen) atoms. The first-order chi connectivity index (χ1) is 10.0. The zero-order chi connectivity index (χ0) is 15.5. The lowest BCUT2D eigenvalue weighted by molar-refractivity contribution is -0.384. The molecule has 0 atom stereocenters. The monoisotopic (exact) mass is 291 g/mol. The minimum Gasteiger partial charge on any atom is -0.387 e. The van der Waals surface area contributed by atoms with Crippen LogP contribution in [0.1, 0.15) is 43.0 Å². The summed E-state index contributed by atoms with van der Waals surface area (Å²) in [6.45, 7) is 2.78. The van der Waals surface area contributed by atoms with Crippen LogP contribution in [0.4, 0.5) is 11.4 Å². The van der Waals surface area contributed by atoms with E-state index in [2.05, 4.69) is 17.6 Å². The minimum absolute atomic E-state index is 0.0751. The maximum atomic E-state index is 12.3. The number of benzene rings is 1. The molecular formula is C15H21N3O3. The van der Waals surface area contributed by atoms with Gasteiger partial charge < -0.3 is 10.6 Å². The number of hydrogen-bond donors (Lipinski definition) is 2. The fourth-order valence-electron chi connectivity index (χ4n) is 2.64. The predicted molar refractivity (Wildman–Crippen MR) is 81.6 cm³/mol. The van der Waals surface area contributed by atoms with Crippen molar-refractivity contribution in [1.29, 1.82) is 0 Å². The van der Waals surface area contributed by atoms with E-state index in [-0.39, 0.29) is 17.0 Å². The lowest BCUT2D eigenvalue weighted by Crippen LogP contribution is -2.30. The van der Waals surface area contributed by atoms with Crippen molar-refractivity contribution in [3.63, 3.8) is 0 Å². The molecule has 1 aliphatic rings. The molecule has 1 saturated carbocycles. The first kappa shape index (κ1) is 15.3. The van der Waals surface area contributed by atoms with Gasteiger partial charge in [0, 0.05) is 31.4 Å². The fourth-order valence-corrected chi connectivity index (χ4v) is 2.64. The third-order valence-electron chi connectivity index (χ3n) is 4.09. The highest BCUT2D eigenvalue weighted by Gasteiger charge is 2.41. The number of nitrogens with one attached hydrogen (secondary N) is 2. The van der Waals surface area contributed by atoms with Crippen molar-refractivity contribution in [1.82, 2.24) is 5.32 Å². The molecule has 0 aromatic heterocycles. The van der Waals surface area contributed by atoms with E-state index in [1.807, 2.05) is 0 Å². The highest BCUT2D eigenvalue weighted by molar-refractivity contribution is 6.00. The summed E-state index contributed by atoms with van der Waals surface area (Å²) < 4.78 is 0. The van der Waals surface area contributed by atoms with Gasteiger partial charge in [-0.15, -0.1) is 0 Å². The zero-order valence-electron chi connectivity index (χ0n) is 12.4. The summed E-state index contributed by atoms with van der Waals surface area (Å²) in [6.07, 6.45) is 4.51. The van der Waals surface area contributed by atoms with Gasteiger partial charge in [0.1, 0.15) is 0 Å². The van der Waals surface area contributed by atoms with Crippen molar-refractivity contribution >= 4 is 17.3 Å². The normalized spacial score (nSPS) is 15.3. The van der Waals surface area contributed by atoms with Gasteiger partial charge >= 0.3 is 0 Å². The Morgan fingerprint density at radius 1 is 1.43 bits per heavy atom. The van der Waals surface area contributed by atoms with Crippen LogP contribution in [-0.4, -0.2) is 24.4 Å².